The van der Waals surface area contributed by atoms with Crippen molar-refractivity contribution in [3.63, 3.8) is 0 Å². The van der Waals surface area contributed by atoms with Crippen molar-refractivity contribution in [3.05, 3.63) is 40.7 Å². The van der Waals surface area contributed by atoms with Crippen molar-refractivity contribution in [2.45, 2.75) is 6.42 Å². The second kappa shape index (κ2) is 5.23. The van der Waals surface area contributed by atoms with Crippen LogP contribution in [0.2, 0.25) is 0 Å². The molecule has 16 heavy (non-hydrogen) atoms. The molecule has 0 saturated heterocycles. The second-order valence-electron chi connectivity index (χ2n) is 3.34. The zero-order chi connectivity index (χ0) is 11.4. The predicted octanol–water partition coefficient (Wildman–Crippen LogP) is 3.16. The van der Waals surface area contributed by atoms with E-state index in [4.69, 9.17) is 11.6 Å². The maximum atomic E-state index is 11.2. The summed E-state index contributed by atoms with van der Waals surface area (Å²) in [5.74, 6) is 0.0656. The van der Waals surface area contributed by atoms with Crippen molar-refractivity contribution in [1.29, 1.82) is 0 Å². The van der Waals surface area contributed by atoms with Crippen LogP contribution in [0.15, 0.2) is 35.7 Å². The Balaban J connectivity index is 2.17. The molecule has 0 aliphatic carbocycles. The molecule has 0 aliphatic rings. The first-order valence-corrected chi connectivity index (χ1v) is 6.28. The highest BCUT2D eigenvalue weighted by molar-refractivity contribution is 7.10. The van der Waals surface area contributed by atoms with Gasteiger partial charge in [0.1, 0.15) is 5.01 Å². The number of benzene rings is 1. The van der Waals surface area contributed by atoms with Crippen LogP contribution < -0.4 is 0 Å². The number of rotatable bonds is 4. The van der Waals surface area contributed by atoms with Crippen LogP contribution in [0.3, 0.4) is 0 Å². The monoisotopic (exact) mass is 251 g/mol. The Kier molecular flexibility index (Phi) is 3.70. The number of hydrogen-bond acceptors (Lipinski definition) is 3. The maximum Gasteiger partial charge on any atom is 0.154 e. The molecular weight excluding hydrogens is 242 g/mol. The second-order valence-corrected chi connectivity index (χ2v) is 4.55. The lowest BCUT2D eigenvalue weighted by molar-refractivity contribution is -0.116. The van der Waals surface area contributed by atoms with Crippen LogP contribution in [0.25, 0.3) is 11.3 Å². The SMILES string of the molecule is O=C(CCl)Cc1nc(-c2ccccc2)cs1. The molecule has 0 aliphatic heterocycles. The molecule has 0 saturated carbocycles. The van der Waals surface area contributed by atoms with Gasteiger partial charge in [-0.05, 0) is 0 Å². The Morgan fingerprint density at radius 3 is 2.75 bits per heavy atom. The van der Waals surface area contributed by atoms with Gasteiger partial charge in [-0.2, -0.15) is 0 Å². The van der Waals surface area contributed by atoms with E-state index in [0.717, 1.165) is 16.3 Å². The number of halogens is 1. The summed E-state index contributed by atoms with van der Waals surface area (Å²) in [5.41, 5.74) is 1.99. The quantitative estimate of drug-likeness (QED) is 0.782. The van der Waals surface area contributed by atoms with Crippen molar-refractivity contribution < 1.29 is 4.79 Å². The van der Waals surface area contributed by atoms with Crippen LogP contribution in [-0.2, 0) is 11.2 Å². The molecule has 4 heteroatoms. The fraction of sp³-hybridized carbons (Fsp3) is 0.167. The van der Waals surface area contributed by atoms with Gasteiger partial charge in [0.05, 0.1) is 18.0 Å². The molecule has 0 radical (unpaired) electrons. The lowest BCUT2D eigenvalue weighted by Gasteiger charge is -1.94. The van der Waals surface area contributed by atoms with Gasteiger partial charge in [-0.25, -0.2) is 4.98 Å². The van der Waals surface area contributed by atoms with Gasteiger partial charge in [-0.15, -0.1) is 22.9 Å². The molecular formula is C12H10ClNOS. The molecule has 2 rings (SSSR count). The highest BCUT2D eigenvalue weighted by Gasteiger charge is 2.07. The summed E-state index contributed by atoms with van der Waals surface area (Å²) in [5, 5.41) is 2.79. The van der Waals surface area contributed by atoms with Crippen LogP contribution in [0.1, 0.15) is 5.01 Å². The van der Waals surface area contributed by atoms with Gasteiger partial charge >= 0.3 is 0 Å². The Labute approximate surface area is 103 Å². The van der Waals surface area contributed by atoms with E-state index in [1.165, 1.54) is 11.3 Å². The van der Waals surface area contributed by atoms with E-state index in [2.05, 4.69) is 4.98 Å². The van der Waals surface area contributed by atoms with Gasteiger partial charge in [0.15, 0.2) is 5.78 Å². The predicted molar refractivity (Wildman–Crippen MR) is 67.0 cm³/mol. The number of aromatic nitrogens is 1. The van der Waals surface area contributed by atoms with Crippen LogP contribution in [0.5, 0.6) is 0 Å². The molecule has 0 bridgehead atoms. The minimum atomic E-state index is 0.00984. The zero-order valence-corrected chi connectivity index (χ0v) is 10.1. The largest absolute Gasteiger partial charge is 0.298 e. The lowest BCUT2D eigenvalue weighted by Crippen LogP contribution is -2.03. The number of Topliss-reactive ketones (excluding diaryl/α,β-unsaturated/α-hetero) is 1. The molecule has 0 unspecified atom stereocenters. The first kappa shape index (κ1) is 11.3. The van der Waals surface area contributed by atoms with E-state index in [1.807, 2.05) is 35.7 Å². The van der Waals surface area contributed by atoms with Crippen LogP contribution in [0.4, 0.5) is 0 Å². The topological polar surface area (TPSA) is 30.0 Å². The molecule has 1 aromatic heterocycles. The molecule has 0 spiro atoms. The average Bonchev–Trinajstić information content (AvgIpc) is 2.78. The Morgan fingerprint density at radius 1 is 1.31 bits per heavy atom. The van der Waals surface area contributed by atoms with Crippen molar-refractivity contribution >= 4 is 28.7 Å². The number of alkyl halides is 1. The summed E-state index contributed by atoms with van der Waals surface area (Å²) < 4.78 is 0. The molecule has 2 nitrogen and oxygen atoms in total. The van der Waals surface area contributed by atoms with Crippen molar-refractivity contribution in [3.8, 4) is 11.3 Å². The molecule has 2 aromatic rings. The van der Waals surface area contributed by atoms with E-state index in [9.17, 15) is 4.79 Å². The highest BCUT2D eigenvalue weighted by Crippen LogP contribution is 2.21. The van der Waals surface area contributed by atoms with Crippen molar-refractivity contribution in [2.24, 2.45) is 0 Å². The fourth-order valence-corrected chi connectivity index (χ4v) is 2.28. The van der Waals surface area contributed by atoms with Crippen LogP contribution >= 0.6 is 22.9 Å². The highest BCUT2D eigenvalue weighted by atomic mass is 35.5. The third-order valence-corrected chi connectivity index (χ3v) is 3.27. The van der Waals surface area contributed by atoms with E-state index in [-0.39, 0.29) is 11.7 Å². The van der Waals surface area contributed by atoms with E-state index in [0.29, 0.717) is 6.42 Å². The van der Waals surface area contributed by atoms with Gasteiger partial charge in [0, 0.05) is 10.9 Å². The third kappa shape index (κ3) is 2.68. The van der Waals surface area contributed by atoms with Gasteiger partial charge in [0.25, 0.3) is 0 Å². The Bertz CT molecular complexity index is 481. The Morgan fingerprint density at radius 2 is 2.06 bits per heavy atom. The number of hydrogen-bond donors (Lipinski definition) is 0. The summed E-state index contributed by atoms with van der Waals surface area (Å²) in [4.78, 5) is 15.6. The summed E-state index contributed by atoms with van der Waals surface area (Å²) in [6.07, 6.45) is 0.334. The number of nitrogens with zero attached hydrogens (tertiary/aromatic N) is 1. The number of carbonyl (C=O) groups is 1. The zero-order valence-electron chi connectivity index (χ0n) is 8.52. The minimum absolute atomic E-state index is 0.00984. The van der Waals surface area contributed by atoms with Crippen molar-refractivity contribution in [2.75, 3.05) is 5.88 Å². The summed E-state index contributed by atoms with van der Waals surface area (Å²) in [6, 6.07) is 9.91. The molecule has 0 atom stereocenters. The lowest BCUT2D eigenvalue weighted by atomic mass is 10.2. The maximum absolute atomic E-state index is 11.2. The van der Waals surface area contributed by atoms with Crippen LogP contribution in [-0.4, -0.2) is 16.6 Å². The van der Waals surface area contributed by atoms with Gasteiger partial charge in [-0.1, -0.05) is 30.3 Å². The van der Waals surface area contributed by atoms with Crippen molar-refractivity contribution in [1.82, 2.24) is 4.98 Å². The first-order valence-electron chi connectivity index (χ1n) is 4.87. The molecule has 0 amide bonds. The summed E-state index contributed by atoms with van der Waals surface area (Å²) in [6.45, 7) is 0. The fourth-order valence-electron chi connectivity index (χ4n) is 1.35. The van der Waals surface area contributed by atoms with E-state index in [1.54, 1.807) is 0 Å². The number of ketones is 1. The minimum Gasteiger partial charge on any atom is -0.298 e. The molecule has 82 valence electrons. The molecule has 0 fully saturated rings. The average molecular weight is 252 g/mol. The van der Waals surface area contributed by atoms with Gasteiger partial charge in [-0.3, -0.25) is 4.79 Å². The van der Waals surface area contributed by atoms with Gasteiger partial charge in [0.2, 0.25) is 0 Å². The number of thiazole rings is 1. The summed E-state index contributed by atoms with van der Waals surface area (Å²) in [7, 11) is 0. The number of carbonyl (C=O) groups excluding carboxylic acids is 1. The first-order chi connectivity index (χ1) is 7.79. The van der Waals surface area contributed by atoms with E-state index < -0.39 is 0 Å². The summed E-state index contributed by atoms with van der Waals surface area (Å²) >= 11 is 6.95. The molecule has 1 heterocycles. The standard InChI is InChI=1S/C12H10ClNOS/c13-7-10(15)6-12-14-11(8-16-12)9-4-2-1-3-5-9/h1-5,8H,6-7H2. The Hall–Kier alpha value is -1.19. The van der Waals surface area contributed by atoms with Gasteiger partial charge < -0.3 is 0 Å². The smallest absolute Gasteiger partial charge is 0.154 e. The third-order valence-electron chi connectivity index (χ3n) is 2.12. The molecule has 0 N–H and O–H groups in total. The van der Waals surface area contributed by atoms with Crippen LogP contribution in [0, 0.1) is 0 Å². The molecule has 1 aromatic carbocycles. The normalized spacial score (nSPS) is 10.3. The van der Waals surface area contributed by atoms with E-state index >= 15 is 0 Å².